The first-order valence-corrected chi connectivity index (χ1v) is 7.31. The number of halogens is 1. The Morgan fingerprint density at radius 3 is 2.80 bits per heavy atom. The van der Waals surface area contributed by atoms with Gasteiger partial charge in [-0.05, 0) is 39.7 Å². The zero-order valence-corrected chi connectivity index (χ0v) is 11.9. The Morgan fingerprint density at radius 1 is 1.47 bits per heavy atom. The maximum Gasteiger partial charge on any atom is 0.144 e. The maximum absolute atomic E-state index is 5.79. The molecule has 1 heterocycles. The SMILES string of the molecule is CCCCC(CC)COc1ccsc1Br. The summed E-state index contributed by atoms with van der Waals surface area (Å²) < 4.78 is 6.89. The molecule has 0 radical (unpaired) electrons. The highest BCUT2D eigenvalue weighted by atomic mass is 79.9. The first kappa shape index (κ1) is 13.0. The zero-order valence-electron chi connectivity index (χ0n) is 9.46. The Kier molecular flexibility index (Phi) is 6.34. The minimum Gasteiger partial charge on any atom is -0.491 e. The quantitative estimate of drug-likeness (QED) is 0.678. The molecule has 0 aliphatic rings. The van der Waals surface area contributed by atoms with E-state index in [1.54, 1.807) is 11.3 Å². The topological polar surface area (TPSA) is 9.23 Å². The number of rotatable bonds is 7. The predicted molar refractivity (Wildman–Crippen MR) is 70.8 cm³/mol. The van der Waals surface area contributed by atoms with Crippen LogP contribution in [0.15, 0.2) is 15.2 Å². The molecule has 0 spiro atoms. The molecule has 1 rings (SSSR count). The molecule has 0 saturated heterocycles. The van der Waals surface area contributed by atoms with Crippen molar-refractivity contribution in [3.05, 3.63) is 15.2 Å². The molecule has 0 fully saturated rings. The normalized spacial score (nSPS) is 12.7. The lowest BCUT2D eigenvalue weighted by molar-refractivity contribution is 0.233. The van der Waals surface area contributed by atoms with Crippen molar-refractivity contribution in [2.45, 2.75) is 39.5 Å². The summed E-state index contributed by atoms with van der Waals surface area (Å²) in [5.41, 5.74) is 0. The van der Waals surface area contributed by atoms with Gasteiger partial charge in [0.2, 0.25) is 0 Å². The lowest BCUT2D eigenvalue weighted by atomic mass is 10.0. The lowest BCUT2D eigenvalue weighted by Gasteiger charge is -2.14. The summed E-state index contributed by atoms with van der Waals surface area (Å²) in [4.78, 5) is 0. The largest absolute Gasteiger partial charge is 0.491 e. The van der Waals surface area contributed by atoms with Gasteiger partial charge in [0, 0.05) is 0 Å². The molecule has 0 amide bonds. The third-order valence-corrected chi connectivity index (χ3v) is 4.23. The van der Waals surface area contributed by atoms with Crippen LogP contribution in [0.25, 0.3) is 0 Å². The standard InChI is InChI=1S/C12H19BrOS/c1-3-5-6-10(4-2)9-14-11-7-8-15-12(11)13/h7-8,10H,3-6,9H2,1-2H3. The zero-order chi connectivity index (χ0) is 11.1. The fourth-order valence-corrected chi connectivity index (χ4v) is 2.61. The molecule has 0 aliphatic carbocycles. The van der Waals surface area contributed by atoms with Crippen LogP contribution < -0.4 is 4.74 Å². The minimum atomic E-state index is 0.705. The average molecular weight is 291 g/mol. The molecule has 86 valence electrons. The highest BCUT2D eigenvalue weighted by Crippen LogP contribution is 2.31. The second-order valence-electron chi connectivity index (χ2n) is 3.79. The van der Waals surface area contributed by atoms with E-state index in [0.717, 1.165) is 16.1 Å². The van der Waals surface area contributed by atoms with Gasteiger partial charge >= 0.3 is 0 Å². The molecule has 3 heteroatoms. The molecular weight excluding hydrogens is 272 g/mol. The van der Waals surface area contributed by atoms with Crippen LogP contribution in [-0.4, -0.2) is 6.61 Å². The Labute approximate surface area is 105 Å². The molecule has 1 aromatic heterocycles. The van der Waals surface area contributed by atoms with Crippen LogP contribution in [0.2, 0.25) is 0 Å². The fraction of sp³-hybridized carbons (Fsp3) is 0.667. The summed E-state index contributed by atoms with van der Waals surface area (Å²) in [5, 5.41) is 2.05. The van der Waals surface area contributed by atoms with E-state index >= 15 is 0 Å². The molecule has 0 bridgehead atoms. The van der Waals surface area contributed by atoms with Gasteiger partial charge in [-0.2, -0.15) is 0 Å². The molecule has 0 aromatic carbocycles. The molecule has 0 saturated carbocycles. The average Bonchev–Trinajstić information content (AvgIpc) is 2.65. The highest BCUT2D eigenvalue weighted by Gasteiger charge is 2.08. The summed E-state index contributed by atoms with van der Waals surface area (Å²) >= 11 is 5.16. The van der Waals surface area contributed by atoms with Crippen LogP contribution in [0.3, 0.4) is 0 Å². The van der Waals surface area contributed by atoms with Gasteiger partial charge in [0.25, 0.3) is 0 Å². The summed E-state index contributed by atoms with van der Waals surface area (Å²) in [7, 11) is 0. The van der Waals surface area contributed by atoms with Gasteiger partial charge in [-0.3, -0.25) is 0 Å². The molecule has 0 aliphatic heterocycles. The predicted octanol–water partition coefficient (Wildman–Crippen LogP) is 5.11. The summed E-state index contributed by atoms with van der Waals surface area (Å²) in [6.45, 7) is 5.33. The van der Waals surface area contributed by atoms with Gasteiger partial charge in [-0.1, -0.05) is 33.1 Å². The Hall–Kier alpha value is -0.0200. The van der Waals surface area contributed by atoms with E-state index in [1.807, 2.05) is 11.4 Å². The van der Waals surface area contributed by atoms with Gasteiger partial charge in [-0.15, -0.1) is 11.3 Å². The maximum atomic E-state index is 5.79. The first-order valence-electron chi connectivity index (χ1n) is 5.63. The van der Waals surface area contributed by atoms with E-state index in [9.17, 15) is 0 Å². The van der Waals surface area contributed by atoms with E-state index < -0.39 is 0 Å². The number of ether oxygens (including phenoxy) is 1. The van der Waals surface area contributed by atoms with Crippen LogP contribution in [0.5, 0.6) is 5.75 Å². The van der Waals surface area contributed by atoms with Crippen molar-refractivity contribution in [3.8, 4) is 5.75 Å². The van der Waals surface area contributed by atoms with E-state index in [4.69, 9.17) is 4.74 Å². The summed E-state index contributed by atoms with van der Waals surface area (Å²) in [5.74, 6) is 1.70. The van der Waals surface area contributed by atoms with Crippen LogP contribution in [-0.2, 0) is 0 Å². The Morgan fingerprint density at radius 2 is 2.27 bits per heavy atom. The second kappa shape index (κ2) is 7.29. The smallest absolute Gasteiger partial charge is 0.144 e. The molecule has 0 N–H and O–H groups in total. The van der Waals surface area contributed by atoms with Crippen molar-refractivity contribution < 1.29 is 4.74 Å². The fourth-order valence-electron chi connectivity index (χ4n) is 1.49. The van der Waals surface area contributed by atoms with Crippen molar-refractivity contribution >= 4 is 27.3 Å². The van der Waals surface area contributed by atoms with Gasteiger partial charge in [-0.25, -0.2) is 0 Å². The molecule has 1 aromatic rings. The van der Waals surface area contributed by atoms with Crippen LogP contribution in [0.4, 0.5) is 0 Å². The Bertz CT molecular complexity index is 272. The molecular formula is C12H19BrOS. The van der Waals surface area contributed by atoms with Crippen LogP contribution in [0.1, 0.15) is 39.5 Å². The van der Waals surface area contributed by atoms with Crippen molar-refractivity contribution in [1.82, 2.24) is 0 Å². The second-order valence-corrected chi connectivity index (χ2v) is 6.02. The summed E-state index contributed by atoms with van der Waals surface area (Å²) in [6.07, 6.45) is 5.09. The minimum absolute atomic E-state index is 0.705. The van der Waals surface area contributed by atoms with E-state index in [0.29, 0.717) is 5.92 Å². The van der Waals surface area contributed by atoms with Crippen molar-refractivity contribution in [2.24, 2.45) is 5.92 Å². The van der Waals surface area contributed by atoms with E-state index in [1.165, 1.54) is 25.7 Å². The number of thiophene rings is 1. The number of hydrogen-bond donors (Lipinski definition) is 0. The molecule has 15 heavy (non-hydrogen) atoms. The van der Waals surface area contributed by atoms with E-state index in [2.05, 4.69) is 29.8 Å². The number of unbranched alkanes of at least 4 members (excludes halogenated alkanes) is 1. The van der Waals surface area contributed by atoms with Crippen LogP contribution >= 0.6 is 27.3 Å². The monoisotopic (exact) mass is 290 g/mol. The third-order valence-electron chi connectivity index (χ3n) is 2.60. The number of hydrogen-bond acceptors (Lipinski definition) is 2. The highest BCUT2D eigenvalue weighted by molar-refractivity contribution is 9.11. The van der Waals surface area contributed by atoms with E-state index in [-0.39, 0.29) is 0 Å². The third kappa shape index (κ3) is 4.56. The Balaban J connectivity index is 2.31. The van der Waals surface area contributed by atoms with Gasteiger partial charge in [0.15, 0.2) is 0 Å². The molecule has 1 atom stereocenters. The van der Waals surface area contributed by atoms with Crippen molar-refractivity contribution in [1.29, 1.82) is 0 Å². The first-order chi connectivity index (χ1) is 7.27. The lowest BCUT2D eigenvalue weighted by Crippen LogP contribution is -2.11. The van der Waals surface area contributed by atoms with Gasteiger partial charge in [0.05, 0.1) is 6.61 Å². The van der Waals surface area contributed by atoms with Crippen molar-refractivity contribution in [3.63, 3.8) is 0 Å². The molecule has 1 nitrogen and oxygen atoms in total. The van der Waals surface area contributed by atoms with Gasteiger partial charge < -0.3 is 4.74 Å². The summed E-state index contributed by atoms with van der Waals surface area (Å²) in [6, 6.07) is 2.03. The van der Waals surface area contributed by atoms with Crippen molar-refractivity contribution in [2.75, 3.05) is 6.61 Å². The molecule has 1 unspecified atom stereocenters. The van der Waals surface area contributed by atoms with Crippen LogP contribution in [0, 0.1) is 5.92 Å². The van der Waals surface area contributed by atoms with Gasteiger partial charge in [0.1, 0.15) is 9.54 Å².